The average Bonchev–Trinajstić information content (AvgIpc) is 2.64. The van der Waals surface area contributed by atoms with Crippen LogP contribution in [0, 0.1) is 10.8 Å². The summed E-state index contributed by atoms with van der Waals surface area (Å²) in [5.74, 6) is 0. The van der Waals surface area contributed by atoms with E-state index in [1.54, 1.807) is 6.08 Å². The summed E-state index contributed by atoms with van der Waals surface area (Å²) < 4.78 is 12.6. The molecule has 4 nitrogen and oxygen atoms in total. The van der Waals surface area contributed by atoms with Crippen molar-refractivity contribution in [2.24, 2.45) is 10.8 Å². The van der Waals surface area contributed by atoms with Gasteiger partial charge in [0.25, 0.3) is 0 Å². The molecule has 0 heterocycles. The molecule has 0 radical (unpaired) electrons. The van der Waals surface area contributed by atoms with Crippen LogP contribution in [-0.2, 0) is 13.6 Å². The molecule has 0 saturated heterocycles. The fourth-order valence-corrected chi connectivity index (χ4v) is 8.62. The highest BCUT2D eigenvalue weighted by Crippen LogP contribution is 2.45. The smallest absolute Gasteiger partial charge is 0.146 e. The molecule has 0 aromatic heterocycles. The number of nitrogens with zero attached hydrogens (tertiary/aromatic N) is 1. The van der Waals surface area contributed by atoms with Crippen molar-refractivity contribution < 1.29 is 13.6 Å². The van der Waals surface area contributed by atoms with Gasteiger partial charge in [-0.2, -0.15) is 0 Å². The van der Waals surface area contributed by atoms with E-state index in [1.165, 1.54) is 6.08 Å². The maximum atomic E-state index is 10.5. The van der Waals surface area contributed by atoms with Crippen LogP contribution < -0.4 is 4.90 Å². The van der Waals surface area contributed by atoms with E-state index in [0.717, 1.165) is 17.5 Å². The van der Waals surface area contributed by atoms with Gasteiger partial charge in [-0.25, -0.2) is 0 Å². The third-order valence-corrected chi connectivity index (χ3v) is 7.16. The molecule has 0 N–H and O–H groups in total. The Labute approximate surface area is 208 Å². The summed E-state index contributed by atoms with van der Waals surface area (Å²) in [5.41, 5.74) is 1.60. The summed E-state index contributed by atoms with van der Waals surface area (Å²) in [4.78, 5) is 13.0. The van der Waals surface area contributed by atoms with Gasteiger partial charge in [0.15, 0.2) is 0 Å². The standard InChI is InChI=1S/C27H47NO3Si2/c1-24(2,3)22(30-32)26(7,8)28(27(9,10)23(31-33)25(4,5)6)21-17-15-20(16-18-21)14-12-11-13-19-29/h11-19,22-23H,1-10,32-33H3. The SMILES string of the molecule is CC(C)(C)C(O[SiH3])C(C)(C)N(c1ccc(C=CC=CC=O)cc1)C(C)(C)C(O[SiH3])C(C)(C)C. The van der Waals surface area contributed by atoms with Gasteiger partial charge < -0.3 is 13.8 Å². The number of allylic oxidation sites excluding steroid dienone is 3. The fourth-order valence-electron chi connectivity index (χ4n) is 6.06. The number of carbonyl (C=O) groups is 1. The van der Waals surface area contributed by atoms with Gasteiger partial charge in [-0.15, -0.1) is 0 Å². The van der Waals surface area contributed by atoms with Crippen LogP contribution in [-0.4, -0.2) is 50.5 Å². The van der Waals surface area contributed by atoms with E-state index in [2.05, 4.69) is 98.4 Å². The first-order valence-electron chi connectivity index (χ1n) is 11.8. The molecule has 33 heavy (non-hydrogen) atoms. The molecule has 1 aromatic carbocycles. The van der Waals surface area contributed by atoms with Gasteiger partial charge in [-0.1, -0.05) is 71.9 Å². The Balaban J connectivity index is 3.68. The van der Waals surface area contributed by atoms with E-state index in [9.17, 15) is 4.79 Å². The molecule has 0 aliphatic heterocycles. The largest absolute Gasteiger partial charge is 0.422 e. The van der Waals surface area contributed by atoms with E-state index >= 15 is 0 Å². The number of carbonyl (C=O) groups excluding carboxylic acids is 1. The highest BCUT2D eigenvalue weighted by Gasteiger charge is 2.51. The maximum Gasteiger partial charge on any atom is 0.146 e. The number of aldehydes is 1. The van der Waals surface area contributed by atoms with Crippen molar-refractivity contribution >= 4 is 39.0 Å². The second-order valence-corrected chi connectivity index (χ2v) is 13.0. The van der Waals surface area contributed by atoms with Crippen molar-refractivity contribution in [3.8, 4) is 0 Å². The van der Waals surface area contributed by atoms with E-state index in [1.807, 2.05) is 12.2 Å². The summed E-state index contributed by atoms with van der Waals surface area (Å²) in [6, 6.07) is 8.63. The lowest BCUT2D eigenvalue weighted by atomic mass is 9.71. The van der Waals surface area contributed by atoms with Crippen LogP contribution in [0.5, 0.6) is 0 Å². The molecule has 0 saturated carbocycles. The van der Waals surface area contributed by atoms with Gasteiger partial charge in [0.05, 0.1) is 23.3 Å². The number of benzene rings is 1. The third-order valence-electron chi connectivity index (χ3n) is 6.22. The Kier molecular flexibility index (Phi) is 10.1. The molecule has 2 unspecified atom stereocenters. The zero-order valence-corrected chi connectivity index (χ0v) is 27.0. The predicted molar refractivity (Wildman–Crippen MR) is 150 cm³/mol. The van der Waals surface area contributed by atoms with Crippen molar-refractivity contribution in [2.45, 2.75) is 92.5 Å². The van der Waals surface area contributed by atoms with Crippen molar-refractivity contribution in [2.75, 3.05) is 4.90 Å². The zero-order chi connectivity index (χ0) is 25.7. The highest BCUT2D eigenvalue weighted by molar-refractivity contribution is 5.98. The van der Waals surface area contributed by atoms with Crippen LogP contribution in [0.2, 0.25) is 0 Å². The van der Waals surface area contributed by atoms with E-state index in [4.69, 9.17) is 8.85 Å². The minimum atomic E-state index is -0.295. The van der Waals surface area contributed by atoms with Crippen LogP contribution in [0.4, 0.5) is 5.69 Å². The van der Waals surface area contributed by atoms with Gasteiger partial charge >= 0.3 is 0 Å². The van der Waals surface area contributed by atoms with Crippen LogP contribution >= 0.6 is 0 Å². The molecule has 1 rings (SSSR count). The molecule has 2 atom stereocenters. The summed E-state index contributed by atoms with van der Waals surface area (Å²) in [6.45, 7) is 22.7. The second-order valence-electron chi connectivity index (χ2n) is 12.1. The van der Waals surface area contributed by atoms with Gasteiger partial charge in [0, 0.05) is 5.69 Å². The molecule has 6 heteroatoms. The summed E-state index contributed by atoms with van der Waals surface area (Å²) in [6.07, 6.45) is 7.97. The van der Waals surface area contributed by atoms with Crippen LogP contribution in [0.3, 0.4) is 0 Å². The minimum absolute atomic E-state index is 0.0216. The lowest BCUT2D eigenvalue weighted by molar-refractivity contribution is -0.104. The second kappa shape index (κ2) is 11.3. The van der Waals surface area contributed by atoms with E-state index < -0.39 is 0 Å². The molecular formula is C27H47NO3Si2. The van der Waals surface area contributed by atoms with Crippen LogP contribution in [0.25, 0.3) is 6.08 Å². The van der Waals surface area contributed by atoms with Crippen molar-refractivity contribution in [3.05, 3.63) is 48.1 Å². The Morgan fingerprint density at radius 3 is 1.48 bits per heavy atom. The van der Waals surface area contributed by atoms with Crippen molar-refractivity contribution in [1.82, 2.24) is 0 Å². The molecule has 1 aromatic rings. The number of anilines is 1. The van der Waals surface area contributed by atoms with Gasteiger partial charge in [0.2, 0.25) is 0 Å². The van der Waals surface area contributed by atoms with Crippen LogP contribution in [0.1, 0.15) is 74.8 Å². The van der Waals surface area contributed by atoms with E-state index in [0.29, 0.717) is 21.0 Å². The first-order chi connectivity index (χ1) is 15.0. The molecule has 0 aliphatic rings. The van der Waals surface area contributed by atoms with Crippen LogP contribution in [0.15, 0.2) is 42.5 Å². The monoisotopic (exact) mass is 489 g/mol. The maximum absolute atomic E-state index is 10.5. The number of rotatable bonds is 10. The number of hydrogen-bond donors (Lipinski definition) is 0. The Bertz CT molecular complexity index is 781. The summed E-state index contributed by atoms with van der Waals surface area (Å²) in [7, 11) is 1.35. The number of hydrogen-bond acceptors (Lipinski definition) is 4. The molecular weight excluding hydrogens is 442 g/mol. The highest BCUT2D eigenvalue weighted by atomic mass is 28.2. The predicted octanol–water partition coefficient (Wildman–Crippen LogP) is 4.24. The minimum Gasteiger partial charge on any atom is -0.422 e. The molecule has 0 fully saturated rings. The quantitative estimate of drug-likeness (QED) is 0.213. The fraction of sp³-hybridized carbons (Fsp3) is 0.593. The topological polar surface area (TPSA) is 38.8 Å². The first-order valence-corrected chi connectivity index (χ1v) is 13.4. The lowest BCUT2D eigenvalue weighted by Crippen LogP contribution is -2.69. The van der Waals surface area contributed by atoms with Crippen molar-refractivity contribution in [1.29, 1.82) is 0 Å². The summed E-state index contributed by atoms with van der Waals surface area (Å²) >= 11 is 0. The first kappa shape index (κ1) is 29.6. The Morgan fingerprint density at radius 1 is 0.727 bits per heavy atom. The Hall–Kier alpha value is -1.48. The van der Waals surface area contributed by atoms with Gasteiger partial charge in [-0.05, 0) is 62.3 Å². The lowest BCUT2D eigenvalue weighted by Gasteiger charge is -2.59. The molecule has 186 valence electrons. The van der Waals surface area contributed by atoms with Gasteiger partial charge in [-0.3, -0.25) is 4.79 Å². The molecule has 0 bridgehead atoms. The molecule has 0 spiro atoms. The summed E-state index contributed by atoms with van der Waals surface area (Å²) in [5, 5.41) is 0. The molecule has 0 aliphatic carbocycles. The zero-order valence-electron chi connectivity index (χ0n) is 23.0. The normalized spacial score (nSPS) is 15.9. The third kappa shape index (κ3) is 7.25. The van der Waals surface area contributed by atoms with E-state index in [-0.39, 0.29) is 34.1 Å². The molecule has 0 amide bonds. The van der Waals surface area contributed by atoms with Crippen molar-refractivity contribution in [3.63, 3.8) is 0 Å². The average molecular weight is 490 g/mol. The Morgan fingerprint density at radius 2 is 1.15 bits per heavy atom. The van der Waals surface area contributed by atoms with Gasteiger partial charge in [0.1, 0.15) is 27.3 Å².